The molecule has 2 rings (SSSR count). The van der Waals surface area contributed by atoms with E-state index in [0.717, 1.165) is 0 Å². The first-order valence-electron chi connectivity index (χ1n) is 3.87. The van der Waals surface area contributed by atoms with Gasteiger partial charge in [-0.3, -0.25) is 0 Å². The van der Waals surface area contributed by atoms with E-state index in [-0.39, 0.29) is 11.8 Å². The lowest BCUT2D eigenvalue weighted by Crippen LogP contribution is -2.11. The van der Waals surface area contributed by atoms with Crippen LogP contribution in [0.1, 0.15) is 17.2 Å². The molecule has 4 heteroatoms. The van der Waals surface area contributed by atoms with Crippen LogP contribution in [-0.2, 0) is 0 Å². The first kappa shape index (κ1) is 7.90. The van der Waals surface area contributed by atoms with Crippen LogP contribution in [0.3, 0.4) is 0 Å². The lowest BCUT2D eigenvalue weighted by molar-refractivity contribution is 0.332. The maximum absolute atomic E-state index is 9.22. The van der Waals surface area contributed by atoms with Gasteiger partial charge < -0.3 is 15.6 Å². The maximum Gasteiger partial charge on any atom is 0.129 e. The summed E-state index contributed by atoms with van der Waals surface area (Å²) in [6.07, 6.45) is 0. The van der Waals surface area contributed by atoms with E-state index >= 15 is 0 Å². The SMILES string of the molecule is N#Cc1cc(O)cc2c1C(N)CO2. The molecule has 1 aliphatic rings. The van der Waals surface area contributed by atoms with E-state index in [2.05, 4.69) is 0 Å². The molecular weight excluding hydrogens is 168 g/mol. The molecule has 1 heterocycles. The van der Waals surface area contributed by atoms with Gasteiger partial charge in [-0.1, -0.05) is 0 Å². The zero-order chi connectivity index (χ0) is 9.42. The number of ether oxygens (including phenoxy) is 1. The molecule has 0 aliphatic carbocycles. The molecule has 1 aromatic carbocycles. The van der Waals surface area contributed by atoms with Crippen LogP contribution < -0.4 is 10.5 Å². The van der Waals surface area contributed by atoms with Gasteiger partial charge in [0.2, 0.25) is 0 Å². The number of phenolic OH excluding ortho intramolecular Hbond substituents is 1. The highest BCUT2D eigenvalue weighted by molar-refractivity contribution is 5.54. The second-order valence-corrected chi connectivity index (χ2v) is 2.93. The minimum atomic E-state index is -0.259. The number of aromatic hydroxyl groups is 1. The van der Waals surface area contributed by atoms with Gasteiger partial charge in [0.1, 0.15) is 18.1 Å². The van der Waals surface area contributed by atoms with E-state index in [9.17, 15) is 5.11 Å². The molecule has 0 radical (unpaired) electrons. The van der Waals surface area contributed by atoms with E-state index in [4.69, 9.17) is 15.7 Å². The van der Waals surface area contributed by atoms with Crippen molar-refractivity contribution in [3.8, 4) is 17.6 Å². The molecule has 1 unspecified atom stereocenters. The lowest BCUT2D eigenvalue weighted by atomic mass is 10.0. The van der Waals surface area contributed by atoms with Gasteiger partial charge in [-0.25, -0.2) is 0 Å². The molecular formula is C9H8N2O2. The zero-order valence-electron chi connectivity index (χ0n) is 6.82. The van der Waals surface area contributed by atoms with Crippen molar-refractivity contribution >= 4 is 0 Å². The largest absolute Gasteiger partial charge is 0.508 e. The van der Waals surface area contributed by atoms with Crippen molar-refractivity contribution in [2.24, 2.45) is 5.73 Å². The van der Waals surface area contributed by atoms with Gasteiger partial charge in [0.15, 0.2) is 0 Å². The smallest absolute Gasteiger partial charge is 0.129 e. The van der Waals surface area contributed by atoms with E-state index in [1.807, 2.05) is 6.07 Å². The number of hydrogen-bond acceptors (Lipinski definition) is 4. The number of nitriles is 1. The summed E-state index contributed by atoms with van der Waals surface area (Å²) < 4.78 is 5.20. The summed E-state index contributed by atoms with van der Waals surface area (Å²) in [5.74, 6) is 0.549. The molecule has 0 bridgehead atoms. The van der Waals surface area contributed by atoms with Crippen molar-refractivity contribution in [3.05, 3.63) is 23.3 Å². The van der Waals surface area contributed by atoms with Crippen molar-refractivity contribution in [2.75, 3.05) is 6.61 Å². The van der Waals surface area contributed by atoms with Crippen molar-refractivity contribution in [3.63, 3.8) is 0 Å². The molecule has 0 saturated heterocycles. The summed E-state index contributed by atoms with van der Waals surface area (Å²) >= 11 is 0. The monoisotopic (exact) mass is 176 g/mol. The van der Waals surface area contributed by atoms with Crippen molar-refractivity contribution in [1.82, 2.24) is 0 Å². The number of phenols is 1. The Morgan fingerprint density at radius 3 is 3.08 bits per heavy atom. The third-order valence-electron chi connectivity index (χ3n) is 2.04. The van der Waals surface area contributed by atoms with Gasteiger partial charge in [0, 0.05) is 11.6 Å². The Balaban J connectivity index is 2.66. The van der Waals surface area contributed by atoms with Crippen LogP contribution in [0, 0.1) is 11.3 Å². The Morgan fingerprint density at radius 2 is 2.38 bits per heavy atom. The summed E-state index contributed by atoms with van der Waals surface area (Å²) in [5.41, 5.74) is 6.80. The highest BCUT2D eigenvalue weighted by Gasteiger charge is 2.24. The molecule has 1 aliphatic heterocycles. The van der Waals surface area contributed by atoms with Crippen LogP contribution in [0.5, 0.6) is 11.5 Å². The Hall–Kier alpha value is -1.73. The molecule has 1 aromatic rings. The van der Waals surface area contributed by atoms with Crippen molar-refractivity contribution in [1.29, 1.82) is 5.26 Å². The van der Waals surface area contributed by atoms with Crippen LogP contribution >= 0.6 is 0 Å². The van der Waals surface area contributed by atoms with Crippen LogP contribution in [-0.4, -0.2) is 11.7 Å². The number of hydrogen-bond donors (Lipinski definition) is 2. The number of fused-ring (bicyclic) bond motifs is 1. The molecule has 0 amide bonds. The Kier molecular flexibility index (Phi) is 1.61. The molecule has 0 spiro atoms. The van der Waals surface area contributed by atoms with E-state index in [1.54, 1.807) is 0 Å². The molecule has 0 fully saturated rings. The lowest BCUT2D eigenvalue weighted by Gasteiger charge is -2.03. The van der Waals surface area contributed by atoms with Crippen LogP contribution in [0.4, 0.5) is 0 Å². The van der Waals surface area contributed by atoms with Crippen LogP contribution in [0.15, 0.2) is 12.1 Å². The van der Waals surface area contributed by atoms with E-state index in [1.165, 1.54) is 12.1 Å². The average molecular weight is 176 g/mol. The Morgan fingerprint density at radius 1 is 1.62 bits per heavy atom. The molecule has 3 N–H and O–H groups in total. The summed E-state index contributed by atoms with van der Waals surface area (Å²) in [4.78, 5) is 0. The number of rotatable bonds is 0. The molecule has 4 nitrogen and oxygen atoms in total. The minimum absolute atomic E-state index is 0.0319. The van der Waals surface area contributed by atoms with Gasteiger partial charge in [0.05, 0.1) is 17.7 Å². The summed E-state index contributed by atoms with van der Waals surface area (Å²) in [7, 11) is 0. The molecule has 1 atom stereocenters. The molecule has 66 valence electrons. The predicted molar refractivity (Wildman–Crippen MR) is 45.2 cm³/mol. The molecule has 0 aromatic heterocycles. The first-order valence-corrected chi connectivity index (χ1v) is 3.87. The minimum Gasteiger partial charge on any atom is -0.508 e. The number of nitrogens with zero attached hydrogens (tertiary/aromatic N) is 1. The topological polar surface area (TPSA) is 79.3 Å². The van der Waals surface area contributed by atoms with Gasteiger partial charge in [-0.2, -0.15) is 5.26 Å². The van der Waals surface area contributed by atoms with Crippen LogP contribution in [0.25, 0.3) is 0 Å². The van der Waals surface area contributed by atoms with Gasteiger partial charge >= 0.3 is 0 Å². The summed E-state index contributed by atoms with van der Waals surface area (Å²) in [6.45, 7) is 0.369. The quantitative estimate of drug-likeness (QED) is 0.608. The van der Waals surface area contributed by atoms with Gasteiger partial charge in [0.25, 0.3) is 0 Å². The summed E-state index contributed by atoms with van der Waals surface area (Å²) in [5, 5.41) is 18.0. The standard InChI is InChI=1S/C9H8N2O2/c10-3-5-1-6(12)2-8-9(5)7(11)4-13-8/h1-2,7,12H,4,11H2. The molecule has 0 saturated carbocycles. The van der Waals surface area contributed by atoms with E-state index in [0.29, 0.717) is 23.5 Å². The Bertz CT molecular complexity index is 395. The highest BCUT2D eigenvalue weighted by atomic mass is 16.5. The normalized spacial score (nSPS) is 18.9. The molecule has 13 heavy (non-hydrogen) atoms. The third-order valence-corrected chi connectivity index (χ3v) is 2.04. The summed E-state index contributed by atoms with van der Waals surface area (Å²) in [6, 6.07) is 4.59. The average Bonchev–Trinajstić information content (AvgIpc) is 2.46. The van der Waals surface area contributed by atoms with Crippen LogP contribution in [0.2, 0.25) is 0 Å². The third kappa shape index (κ3) is 1.10. The number of benzene rings is 1. The Labute approximate surface area is 75.2 Å². The fraction of sp³-hybridized carbons (Fsp3) is 0.222. The zero-order valence-corrected chi connectivity index (χ0v) is 6.82. The second kappa shape index (κ2) is 2.64. The first-order chi connectivity index (χ1) is 6.22. The fourth-order valence-electron chi connectivity index (χ4n) is 1.47. The van der Waals surface area contributed by atoms with Gasteiger partial charge in [-0.05, 0) is 6.07 Å². The van der Waals surface area contributed by atoms with Crippen molar-refractivity contribution < 1.29 is 9.84 Å². The number of nitrogens with two attached hydrogens (primary N) is 1. The van der Waals surface area contributed by atoms with E-state index < -0.39 is 0 Å². The van der Waals surface area contributed by atoms with Crippen molar-refractivity contribution in [2.45, 2.75) is 6.04 Å². The highest BCUT2D eigenvalue weighted by Crippen LogP contribution is 2.36. The predicted octanol–water partition coefficient (Wildman–Crippen LogP) is 0.656. The second-order valence-electron chi connectivity index (χ2n) is 2.93. The fourth-order valence-corrected chi connectivity index (χ4v) is 1.47. The van der Waals surface area contributed by atoms with Gasteiger partial charge in [-0.15, -0.1) is 0 Å². The maximum atomic E-state index is 9.22.